The second-order valence-corrected chi connectivity index (χ2v) is 15.7. The third kappa shape index (κ3) is 16.1. The number of para-hydroxylation sites is 1. The minimum absolute atomic E-state index is 0. The maximum Gasteiger partial charge on any atom is 4.00 e. The summed E-state index contributed by atoms with van der Waals surface area (Å²) >= 11 is 0. The summed E-state index contributed by atoms with van der Waals surface area (Å²) in [4.78, 5) is 2.39. The monoisotopic (exact) mass is 974 g/mol. The van der Waals surface area contributed by atoms with Crippen molar-refractivity contribution < 1.29 is 35.7 Å². The maximum atomic E-state index is 11.4. The van der Waals surface area contributed by atoms with Gasteiger partial charge < -0.3 is 14.7 Å². The standard InChI is InChI=1S/C36H43NO2.3C7H7.Hf/c1-24(2)29-15-11-16-30(25(3)4)35(29)37(7)19-12-20-39-34-18-17-26(5)21-32(34)33-23-27(6)22-31(36(33)38)28-13-9-8-10-14-28;3*1-7-5-3-2-4-6-7;/h8-11,13-18,21-25,38H,12,19-20H2,1-7H3;3*2-6H,1H2;/q;3*-1;+4. The number of aryl methyl sites for hydroxylation is 2. The zero-order chi connectivity index (χ0) is 43.4. The zero-order valence-electron chi connectivity index (χ0n) is 37.4. The van der Waals surface area contributed by atoms with E-state index >= 15 is 0 Å². The van der Waals surface area contributed by atoms with Crippen LogP contribution in [-0.2, 0) is 25.8 Å². The minimum atomic E-state index is 0. The molecule has 0 heterocycles. The fourth-order valence-electron chi connectivity index (χ4n) is 6.78. The van der Waals surface area contributed by atoms with Crippen LogP contribution in [0.1, 0.15) is 84.9 Å². The van der Waals surface area contributed by atoms with Crippen LogP contribution in [0.4, 0.5) is 5.69 Å². The van der Waals surface area contributed by atoms with Gasteiger partial charge in [0.25, 0.3) is 0 Å². The van der Waals surface area contributed by atoms with Gasteiger partial charge in [0, 0.05) is 36.0 Å². The summed E-state index contributed by atoms with van der Waals surface area (Å²) in [5.74, 6) is 2.02. The summed E-state index contributed by atoms with van der Waals surface area (Å²) < 4.78 is 6.39. The van der Waals surface area contributed by atoms with E-state index in [-0.39, 0.29) is 31.6 Å². The number of ether oxygens (including phenoxy) is 1. The molecule has 7 rings (SSSR count). The second kappa shape index (κ2) is 25.9. The van der Waals surface area contributed by atoms with Crippen LogP contribution >= 0.6 is 0 Å². The van der Waals surface area contributed by atoms with E-state index < -0.39 is 0 Å². The van der Waals surface area contributed by atoms with Crippen LogP contribution in [0.3, 0.4) is 0 Å². The molecule has 0 aromatic heterocycles. The molecular formula is C57H64HfNO2+. The number of hydrogen-bond acceptors (Lipinski definition) is 3. The molecule has 7 aromatic carbocycles. The Labute approximate surface area is 387 Å². The number of phenols is 1. The van der Waals surface area contributed by atoms with Crippen molar-refractivity contribution >= 4 is 5.69 Å². The summed E-state index contributed by atoms with van der Waals surface area (Å²) in [7, 11) is 2.19. The number of rotatable bonds is 10. The van der Waals surface area contributed by atoms with Crippen LogP contribution in [0.5, 0.6) is 11.5 Å². The van der Waals surface area contributed by atoms with E-state index in [2.05, 4.69) is 105 Å². The molecule has 0 unspecified atom stereocenters. The Bertz CT molecular complexity index is 2170. The number of nitrogens with zero attached hydrogens (tertiary/aromatic N) is 1. The SMILES string of the molecule is Cc1ccc(OCCCN(C)c2c(C(C)C)cccc2C(C)C)c(-c2cc(C)cc(-c3ccccc3)c2O)c1.[CH2-]c1ccccc1.[CH2-]c1ccccc1.[CH2-]c1ccccc1.[Hf+4]. The van der Waals surface area contributed by atoms with E-state index in [0.29, 0.717) is 18.4 Å². The van der Waals surface area contributed by atoms with Gasteiger partial charge >= 0.3 is 25.8 Å². The molecule has 0 atom stereocenters. The van der Waals surface area contributed by atoms with Gasteiger partial charge in [-0.25, -0.2) is 0 Å². The van der Waals surface area contributed by atoms with E-state index in [1.807, 2.05) is 140 Å². The predicted octanol–water partition coefficient (Wildman–Crippen LogP) is 15.1. The summed E-state index contributed by atoms with van der Waals surface area (Å²) in [5.41, 5.74) is 13.2. The molecule has 61 heavy (non-hydrogen) atoms. The molecule has 0 aliphatic rings. The Morgan fingerprint density at radius 3 is 1.38 bits per heavy atom. The quantitative estimate of drug-likeness (QED) is 0.0842. The molecule has 4 heteroatoms. The summed E-state index contributed by atoms with van der Waals surface area (Å²) in [5, 5.41) is 11.4. The van der Waals surface area contributed by atoms with Gasteiger partial charge in [-0.05, 0) is 78.6 Å². The summed E-state index contributed by atoms with van der Waals surface area (Å²) in [6, 6.07) is 56.7. The van der Waals surface area contributed by atoms with Crippen molar-refractivity contribution in [1.29, 1.82) is 0 Å². The van der Waals surface area contributed by atoms with Crippen molar-refractivity contribution in [2.24, 2.45) is 0 Å². The first-order valence-corrected chi connectivity index (χ1v) is 20.9. The van der Waals surface area contributed by atoms with Crippen molar-refractivity contribution in [2.45, 2.75) is 59.8 Å². The molecule has 0 saturated heterocycles. The molecule has 7 aromatic rings. The molecule has 3 nitrogen and oxygen atoms in total. The van der Waals surface area contributed by atoms with Crippen LogP contribution in [0, 0.1) is 34.6 Å². The first-order valence-electron chi connectivity index (χ1n) is 20.9. The van der Waals surface area contributed by atoms with Gasteiger partial charge in [0.1, 0.15) is 11.5 Å². The molecule has 0 bridgehead atoms. The fraction of sp³-hybridized carbons (Fsp3) is 0.211. The molecule has 0 radical (unpaired) electrons. The van der Waals surface area contributed by atoms with Gasteiger partial charge in [-0.3, -0.25) is 0 Å². The molecule has 1 N–H and O–H groups in total. The third-order valence-corrected chi connectivity index (χ3v) is 9.91. The molecule has 0 spiro atoms. The van der Waals surface area contributed by atoms with Gasteiger partial charge in [0.2, 0.25) is 0 Å². The molecule has 0 fully saturated rings. The molecule has 312 valence electrons. The summed E-state index contributed by atoms with van der Waals surface area (Å²) in [6.07, 6.45) is 0.892. The van der Waals surface area contributed by atoms with Crippen molar-refractivity contribution in [3.8, 4) is 33.8 Å². The molecule has 0 saturated carbocycles. The topological polar surface area (TPSA) is 32.7 Å². The van der Waals surface area contributed by atoms with Gasteiger partial charge in [-0.2, -0.15) is 73.9 Å². The minimum Gasteiger partial charge on any atom is -0.507 e. The van der Waals surface area contributed by atoms with Crippen molar-refractivity contribution in [1.82, 2.24) is 0 Å². The van der Waals surface area contributed by atoms with Gasteiger partial charge in [-0.1, -0.05) is 106 Å². The number of hydrogen-bond donors (Lipinski definition) is 1. The van der Waals surface area contributed by atoms with Gasteiger partial charge in [0.05, 0.1) is 6.61 Å². The van der Waals surface area contributed by atoms with Crippen LogP contribution < -0.4 is 9.64 Å². The Morgan fingerprint density at radius 1 is 0.525 bits per heavy atom. The van der Waals surface area contributed by atoms with E-state index in [4.69, 9.17) is 4.74 Å². The van der Waals surface area contributed by atoms with Crippen LogP contribution in [0.25, 0.3) is 22.3 Å². The van der Waals surface area contributed by atoms with E-state index in [1.54, 1.807) is 0 Å². The largest absolute Gasteiger partial charge is 4.00 e. The van der Waals surface area contributed by atoms with Crippen molar-refractivity contribution in [2.75, 3.05) is 25.1 Å². The first-order chi connectivity index (χ1) is 28.8. The van der Waals surface area contributed by atoms with Crippen LogP contribution in [0.15, 0.2) is 170 Å². The molecular weight excluding hydrogens is 909 g/mol. The van der Waals surface area contributed by atoms with Crippen LogP contribution in [-0.4, -0.2) is 25.3 Å². The smallest absolute Gasteiger partial charge is 0.507 e. The van der Waals surface area contributed by atoms with Gasteiger partial charge in [0.15, 0.2) is 0 Å². The second-order valence-electron chi connectivity index (χ2n) is 15.7. The Kier molecular flexibility index (Phi) is 21.1. The number of phenolic OH excluding ortho intramolecular Hbond substituents is 1. The number of aromatic hydroxyl groups is 1. The molecule has 0 aliphatic carbocycles. The van der Waals surface area contributed by atoms with Crippen molar-refractivity contribution in [3.05, 3.63) is 230 Å². The molecule has 0 amide bonds. The average molecular weight is 974 g/mol. The fourth-order valence-corrected chi connectivity index (χ4v) is 6.78. The first kappa shape index (κ1) is 49.8. The third-order valence-electron chi connectivity index (χ3n) is 9.91. The Hall–Kier alpha value is -5.58. The number of anilines is 1. The summed E-state index contributed by atoms with van der Waals surface area (Å²) in [6.45, 7) is 25.9. The van der Waals surface area contributed by atoms with E-state index in [0.717, 1.165) is 68.8 Å². The Morgan fingerprint density at radius 2 is 0.951 bits per heavy atom. The van der Waals surface area contributed by atoms with E-state index in [1.165, 1.54) is 16.8 Å². The normalized spacial score (nSPS) is 10.2. The Balaban J connectivity index is 0.000000362. The van der Waals surface area contributed by atoms with Crippen LogP contribution in [0.2, 0.25) is 0 Å². The number of benzene rings is 7. The predicted molar refractivity (Wildman–Crippen MR) is 259 cm³/mol. The zero-order valence-corrected chi connectivity index (χ0v) is 41.0. The van der Waals surface area contributed by atoms with Gasteiger partial charge in [-0.15, -0.1) is 36.4 Å². The molecule has 0 aliphatic heterocycles. The van der Waals surface area contributed by atoms with E-state index in [9.17, 15) is 5.11 Å². The average Bonchev–Trinajstić information content (AvgIpc) is 3.25. The maximum absolute atomic E-state index is 11.4. The van der Waals surface area contributed by atoms with Crippen molar-refractivity contribution in [3.63, 3.8) is 0 Å².